The van der Waals surface area contributed by atoms with Crippen molar-refractivity contribution in [2.45, 2.75) is 12.5 Å². The zero-order chi connectivity index (χ0) is 13.1. The van der Waals surface area contributed by atoms with Gasteiger partial charge in [0.25, 0.3) is 0 Å². The average Bonchev–Trinajstić information content (AvgIpc) is 2.82. The van der Waals surface area contributed by atoms with E-state index in [0.717, 1.165) is 16.7 Å². The number of ether oxygens (including phenoxy) is 1. The summed E-state index contributed by atoms with van der Waals surface area (Å²) in [5.74, 6) is -0.230. The van der Waals surface area contributed by atoms with Gasteiger partial charge >= 0.3 is 5.97 Å². The summed E-state index contributed by atoms with van der Waals surface area (Å²) in [5.41, 5.74) is 2.55. The van der Waals surface area contributed by atoms with E-state index >= 15 is 0 Å². The fourth-order valence-corrected chi connectivity index (χ4v) is 1.92. The lowest BCUT2D eigenvalue weighted by atomic mass is 10.0. The Bertz CT molecular complexity index is 548. The van der Waals surface area contributed by atoms with Crippen LogP contribution in [0, 0.1) is 0 Å². The zero-order valence-corrected chi connectivity index (χ0v) is 10.7. The number of esters is 1. The normalized spacial score (nSPS) is 12.9. The van der Waals surface area contributed by atoms with E-state index in [1.54, 1.807) is 0 Å². The smallest absolute Gasteiger partial charge is 0.307 e. The monoisotopic (exact) mass is 248 g/mol. The van der Waals surface area contributed by atoms with Crippen LogP contribution >= 0.6 is 0 Å². The van der Waals surface area contributed by atoms with Gasteiger partial charge in [-0.1, -0.05) is 6.07 Å². The number of fused-ring (bicyclic) bond motifs is 1. The van der Waals surface area contributed by atoms with Gasteiger partial charge in [0.15, 0.2) is 12.0 Å². The molecule has 5 nitrogen and oxygen atoms in total. The lowest BCUT2D eigenvalue weighted by Crippen LogP contribution is -2.23. The van der Waals surface area contributed by atoms with Crippen LogP contribution in [-0.4, -0.2) is 37.1 Å². The SMILES string of the molecule is COC(=O)CC(c1ccc2ncoc2c1)N(C)C. The number of benzene rings is 1. The molecule has 0 saturated heterocycles. The van der Waals surface area contributed by atoms with Crippen molar-refractivity contribution in [1.82, 2.24) is 9.88 Å². The maximum atomic E-state index is 11.4. The van der Waals surface area contributed by atoms with Crippen LogP contribution in [0.25, 0.3) is 11.1 Å². The maximum Gasteiger partial charge on any atom is 0.307 e. The molecule has 1 atom stereocenters. The Hall–Kier alpha value is -1.88. The molecule has 0 saturated carbocycles. The molecule has 1 aromatic heterocycles. The van der Waals surface area contributed by atoms with E-state index in [0.29, 0.717) is 6.42 Å². The Morgan fingerprint density at radius 2 is 2.28 bits per heavy atom. The van der Waals surface area contributed by atoms with Gasteiger partial charge in [0.05, 0.1) is 13.5 Å². The average molecular weight is 248 g/mol. The Labute approximate surface area is 105 Å². The molecule has 96 valence electrons. The van der Waals surface area contributed by atoms with Crippen molar-refractivity contribution in [2.75, 3.05) is 21.2 Å². The van der Waals surface area contributed by atoms with Crippen molar-refractivity contribution in [3.63, 3.8) is 0 Å². The second kappa shape index (κ2) is 5.18. The van der Waals surface area contributed by atoms with E-state index in [1.807, 2.05) is 37.2 Å². The maximum absolute atomic E-state index is 11.4. The van der Waals surface area contributed by atoms with Crippen molar-refractivity contribution in [3.05, 3.63) is 30.2 Å². The van der Waals surface area contributed by atoms with Crippen LogP contribution in [0.5, 0.6) is 0 Å². The molecule has 0 aliphatic rings. The van der Waals surface area contributed by atoms with E-state index < -0.39 is 0 Å². The summed E-state index contributed by atoms with van der Waals surface area (Å²) in [6.07, 6.45) is 1.72. The quantitative estimate of drug-likeness (QED) is 0.774. The molecule has 0 fully saturated rings. The van der Waals surface area contributed by atoms with Gasteiger partial charge in [-0.25, -0.2) is 4.98 Å². The third kappa shape index (κ3) is 2.51. The van der Waals surface area contributed by atoms with Crippen LogP contribution in [0.1, 0.15) is 18.0 Å². The summed E-state index contributed by atoms with van der Waals surface area (Å²) < 4.78 is 10.00. The first-order valence-corrected chi connectivity index (χ1v) is 5.68. The van der Waals surface area contributed by atoms with Crippen LogP contribution in [0.3, 0.4) is 0 Å². The van der Waals surface area contributed by atoms with Gasteiger partial charge in [-0.15, -0.1) is 0 Å². The first-order chi connectivity index (χ1) is 8.61. The van der Waals surface area contributed by atoms with Gasteiger partial charge in [0.2, 0.25) is 0 Å². The summed E-state index contributed by atoms with van der Waals surface area (Å²) in [6.45, 7) is 0. The van der Waals surface area contributed by atoms with Gasteiger partial charge in [-0.2, -0.15) is 0 Å². The molecule has 0 amide bonds. The highest BCUT2D eigenvalue weighted by molar-refractivity contribution is 5.74. The van der Waals surface area contributed by atoms with Gasteiger partial charge in [0, 0.05) is 6.04 Å². The van der Waals surface area contributed by atoms with E-state index in [2.05, 4.69) is 4.98 Å². The van der Waals surface area contributed by atoms with Gasteiger partial charge < -0.3 is 14.1 Å². The van der Waals surface area contributed by atoms with Crippen LogP contribution in [0.15, 0.2) is 29.0 Å². The molecule has 0 aliphatic carbocycles. The van der Waals surface area contributed by atoms with Gasteiger partial charge in [0.1, 0.15) is 5.52 Å². The molecule has 0 radical (unpaired) electrons. The molecule has 18 heavy (non-hydrogen) atoms. The minimum Gasteiger partial charge on any atom is -0.469 e. The molecule has 2 aromatic rings. The second-order valence-electron chi connectivity index (χ2n) is 4.34. The fraction of sp³-hybridized carbons (Fsp3) is 0.385. The van der Waals surface area contributed by atoms with Crippen molar-refractivity contribution in [1.29, 1.82) is 0 Å². The molecule has 1 unspecified atom stereocenters. The van der Waals surface area contributed by atoms with Gasteiger partial charge in [-0.05, 0) is 31.8 Å². The molecule has 0 spiro atoms. The summed E-state index contributed by atoms with van der Waals surface area (Å²) in [6, 6.07) is 5.73. The van der Waals surface area contributed by atoms with Crippen LogP contribution in [0.2, 0.25) is 0 Å². The highest BCUT2D eigenvalue weighted by Gasteiger charge is 2.19. The number of carbonyl (C=O) groups excluding carboxylic acids is 1. The summed E-state index contributed by atoms with van der Waals surface area (Å²) in [5, 5.41) is 0. The minimum absolute atomic E-state index is 0.0352. The topological polar surface area (TPSA) is 55.6 Å². The fourth-order valence-electron chi connectivity index (χ4n) is 1.92. The summed E-state index contributed by atoms with van der Waals surface area (Å²) >= 11 is 0. The van der Waals surface area contributed by atoms with E-state index in [9.17, 15) is 4.79 Å². The first kappa shape index (κ1) is 12.6. The summed E-state index contributed by atoms with van der Waals surface area (Å²) in [4.78, 5) is 17.5. The second-order valence-corrected chi connectivity index (χ2v) is 4.34. The molecule has 0 bridgehead atoms. The predicted molar refractivity (Wildman–Crippen MR) is 67.1 cm³/mol. The molecule has 2 rings (SSSR count). The van der Waals surface area contributed by atoms with Crippen molar-refractivity contribution in [3.8, 4) is 0 Å². The Morgan fingerprint density at radius 1 is 1.50 bits per heavy atom. The largest absolute Gasteiger partial charge is 0.469 e. The van der Waals surface area contributed by atoms with Crippen LogP contribution in [-0.2, 0) is 9.53 Å². The zero-order valence-electron chi connectivity index (χ0n) is 10.7. The van der Waals surface area contributed by atoms with Crippen molar-refractivity contribution < 1.29 is 13.9 Å². The Balaban J connectivity index is 2.31. The third-order valence-corrected chi connectivity index (χ3v) is 2.95. The number of aromatic nitrogens is 1. The van der Waals surface area contributed by atoms with Gasteiger partial charge in [-0.3, -0.25) is 4.79 Å². The molecule has 1 heterocycles. The molecule has 5 heteroatoms. The number of rotatable bonds is 4. The lowest BCUT2D eigenvalue weighted by molar-refractivity contribution is -0.141. The number of hydrogen-bond acceptors (Lipinski definition) is 5. The van der Waals surface area contributed by atoms with E-state index in [1.165, 1.54) is 13.5 Å². The highest BCUT2D eigenvalue weighted by Crippen LogP contribution is 2.25. The Morgan fingerprint density at radius 3 is 2.94 bits per heavy atom. The molecule has 1 aromatic carbocycles. The van der Waals surface area contributed by atoms with E-state index in [-0.39, 0.29) is 12.0 Å². The van der Waals surface area contributed by atoms with Crippen LogP contribution < -0.4 is 0 Å². The summed E-state index contributed by atoms with van der Waals surface area (Å²) in [7, 11) is 5.26. The first-order valence-electron chi connectivity index (χ1n) is 5.68. The van der Waals surface area contributed by atoms with Crippen LogP contribution in [0.4, 0.5) is 0 Å². The molecule has 0 N–H and O–H groups in total. The van der Waals surface area contributed by atoms with Crippen molar-refractivity contribution >= 4 is 17.1 Å². The predicted octanol–water partition coefficient (Wildman–Crippen LogP) is 1.99. The third-order valence-electron chi connectivity index (χ3n) is 2.95. The number of hydrogen-bond donors (Lipinski definition) is 0. The molecular formula is C13H16N2O3. The number of carbonyl (C=O) groups is 1. The highest BCUT2D eigenvalue weighted by atomic mass is 16.5. The number of methoxy groups -OCH3 is 1. The lowest BCUT2D eigenvalue weighted by Gasteiger charge is -2.23. The molecular weight excluding hydrogens is 232 g/mol. The Kier molecular flexibility index (Phi) is 3.62. The number of nitrogens with zero attached hydrogens (tertiary/aromatic N) is 2. The van der Waals surface area contributed by atoms with Crippen molar-refractivity contribution in [2.24, 2.45) is 0 Å². The molecule has 0 aliphatic heterocycles. The standard InChI is InChI=1S/C13H16N2O3/c1-15(2)11(7-13(16)17-3)9-4-5-10-12(6-9)18-8-14-10/h4-6,8,11H,7H2,1-3H3. The number of oxazole rings is 1. The van der Waals surface area contributed by atoms with E-state index in [4.69, 9.17) is 9.15 Å². The minimum atomic E-state index is -0.230.